The summed E-state index contributed by atoms with van der Waals surface area (Å²) >= 11 is 0. The number of aromatic hydroxyl groups is 1. The van der Waals surface area contributed by atoms with Gasteiger partial charge >= 0.3 is 0 Å². The monoisotopic (exact) mass is 271 g/mol. The van der Waals surface area contributed by atoms with Crippen molar-refractivity contribution in [1.29, 1.82) is 0 Å². The summed E-state index contributed by atoms with van der Waals surface area (Å²) in [5.41, 5.74) is 3.30. The summed E-state index contributed by atoms with van der Waals surface area (Å²) in [7, 11) is 1.70. The number of benzene rings is 2. The molecule has 3 heteroatoms. The maximum absolute atomic E-state index is 9.84. The minimum absolute atomic E-state index is 0.0993. The molecular formula is C17H21NO2. The number of phenolic OH excluding ortho intramolecular Hbond substituents is 1. The molecule has 0 aliphatic rings. The van der Waals surface area contributed by atoms with Crippen LogP contribution in [0.15, 0.2) is 48.5 Å². The molecule has 0 heterocycles. The highest BCUT2D eigenvalue weighted by molar-refractivity contribution is 5.34. The van der Waals surface area contributed by atoms with E-state index in [9.17, 15) is 5.11 Å². The zero-order valence-corrected chi connectivity index (χ0v) is 12.0. The zero-order chi connectivity index (χ0) is 14.4. The molecule has 2 N–H and O–H groups in total. The number of methoxy groups -OCH3 is 1. The summed E-state index contributed by atoms with van der Waals surface area (Å²) in [5.74, 6) is 0.334. The highest BCUT2D eigenvalue weighted by atomic mass is 16.5. The van der Waals surface area contributed by atoms with Gasteiger partial charge in [0.2, 0.25) is 0 Å². The molecule has 0 amide bonds. The topological polar surface area (TPSA) is 41.5 Å². The third-order valence-electron chi connectivity index (χ3n) is 3.32. The van der Waals surface area contributed by atoms with Gasteiger partial charge in [0.1, 0.15) is 5.75 Å². The fourth-order valence-corrected chi connectivity index (χ4v) is 2.23. The molecule has 0 radical (unpaired) electrons. The SMILES string of the molecule is COCc1cccc(CNC(C)c2ccccc2O)c1. The van der Waals surface area contributed by atoms with Crippen LogP contribution in [0.3, 0.4) is 0 Å². The number of hydrogen-bond acceptors (Lipinski definition) is 3. The van der Waals surface area contributed by atoms with Gasteiger partial charge in [0.05, 0.1) is 6.61 Å². The Labute approximate surface area is 120 Å². The standard InChI is InChI=1S/C17H21NO2/c1-13(16-8-3-4-9-17(16)19)18-11-14-6-5-7-15(10-14)12-20-2/h3-10,13,18-19H,11-12H2,1-2H3. The summed E-state index contributed by atoms with van der Waals surface area (Å²) in [6.45, 7) is 3.43. The largest absolute Gasteiger partial charge is 0.508 e. The molecule has 3 nitrogen and oxygen atoms in total. The second kappa shape index (κ2) is 7.08. The van der Waals surface area contributed by atoms with Crippen molar-refractivity contribution in [3.63, 3.8) is 0 Å². The van der Waals surface area contributed by atoms with E-state index in [1.54, 1.807) is 13.2 Å². The second-order valence-electron chi connectivity index (χ2n) is 4.91. The number of para-hydroxylation sites is 1. The summed E-state index contributed by atoms with van der Waals surface area (Å²) < 4.78 is 5.14. The van der Waals surface area contributed by atoms with Crippen LogP contribution in [0.2, 0.25) is 0 Å². The van der Waals surface area contributed by atoms with Gasteiger partial charge in [-0.3, -0.25) is 0 Å². The van der Waals surface area contributed by atoms with Crippen LogP contribution >= 0.6 is 0 Å². The number of phenols is 1. The molecule has 0 aliphatic carbocycles. The summed E-state index contributed by atoms with van der Waals surface area (Å²) in [4.78, 5) is 0. The molecule has 2 rings (SSSR count). The van der Waals surface area contributed by atoms with Crippen LogP contribution in [-0.4, -0.2) is 12.2 Å². The van der Waals surface area contributed by atoms with Crippen LogP contribution in [0.4, 0.5) is 0 Å². The van der Waals surface area contributed by atoms with Gasteiger partial charge in [-0.05, 0) is 24.1 Å². The molecule has 2 aromatic rings. The number of hydrogen-bond donors (Lipinski definition) is 2. The van der Waals surface area contributed by atoms with Crippen LogP contribution in [0, 0.1) is 0 Å². The first-order chi connectivity index (χ1) is 9.70. The van der Waals surface area contributed by atoms with E-state index in [1.807, 2.05) is 31.2 Å². The Morgan fingerprint density at radius 1 is 1.10 bits per heavy atom. The molecule has 0 aliphatic heterocycles. The molecule has 106 valence electrons. The molecule has 20 heavy (non-hydrogen) atoms. The van der Waals surface area contributed by atoms with Crippen molar-refractivity contribution < 1.29 is 9.84 Å². The van der Waals surface area contributed by atoms with Crippen molar-refractivity contribution in [3.8, 4) is 5.75 Å². The fraction of sp³-hybridized carbons (Fsp3) is 0.294. The number of rotatable bonds is 6. The van der Waals surface area contributed by atoms with Crippen LogP contribution in [-0.2, 0) is 17.9 Å². The molecule has 0 bridgehead atoms. The fourth-order valence-electron chi connectivity index (χ4n) is 2.23. The van der Waals surface area contributed by atoms with Crippen LogP contribution in [0.5, 0.6) is 5.75 Å². The Bertz CT molecular complexity index is 554. The van der Waals surface area contributed by atoms with E-state index in [0.29, 0.717) is 12.4 Å². The van der Waals surface area contributed by atoms with Gasteiger partial charge < -0.3 is 15.2 Å². The first-order valence-corrected chi connectivity index (χ1v) is 6.78. The molecule has 0 saturated carbocycles. The molecular weight excluding hydrogens is 250 g/mol. The maximum atomic E-state index is 9.84. The van der Waals surface area contributed by atoms with Gasteiger partial charge in [-0.2, -0.15) is 0 Å². The van der Waals surface area contributed by atoms with Crippen molar-refractivity contribution in [3.05, 3.63) is 65.2 Å². The van der Waals surface area contributed by atoms with Crippen molar-refractivity contribution in [2.45, 2.75) is 26.1 Å². The van der Waals surface area contributed by atoms with Gasteiger partial charge in [-0.1, -0.05) is 42.5 Å². The normalized spacial score (nSPS) is 12.3. The molecule has 2 aromatic carbocycles. The summed E-state index contributed by atoms with van der Waals surface area (Å²) in [6, 6.07) is 15.8. The van der Waals surface area contributed by atoms with Crippen molar-refractivity contribution in [1.82, 2.24) is 5.32 Å². The van der Waals surface area contributed by atoms with E-state index in [-0.39, 0.29) is 6.04 Å². The minimum atomic E-state index is 0.0993. The lowest BCUT2D eigenvalue weighted by Crippen LogP contribution is -2.18. The third kappa shape index (κ3) is 3.83. The van der Waals surface area contributed by atoms with Crippen molar-refractivity contribution in [2.75, 3.05) is 7.11 Å². The predicted octanol–water partition coefficient (Wildman–Crippen LogP) is 3.39. The van der Waals surface area contributed by atoms with E-state index in [0.717, 1.165) is 12.1 Å². The van der Waals surface area contributed by atoms with E-state index < -0.39 is 0 Å². The van der Waals surface area contributed by atoms with E-state index >= 15 is 0 Å². The van der Waals surface area contributed by atoms with E-state index in [1.165, 1.54) is 11.1 Å². The average Bonchev–Trinajstić information content (AvgIpc) is 2.46. The zero-order valence-electron chi connectivity index (χ0n) is 12.0. The lowest BCUT2D eigenvalue weighted by Gasteiger charge is -2.16. The van der Waals surface area contributed by atoms with Gasteiger partial charge in [-0.25, -0.2) is 0 Å². The molecule has 0 saturated heterocycles. The first-order valence-electron chi connectivity index (χ1n) is 6.78. The van der Waals surface area contributed by atoms with E-state index in [2.05, 4.69) is 23.5 Å². The van der Waals surface area contributed by atoms with Crippen molar-refractivity contribution >= 4 is 0 Å². The molecule has 1 atom stereocenters. The molecule has 0 fully saturated rings. The molecule has 0 spiro atoms. The Kier molecular flexibility index (Phi) is 5.16. The molecule has 1 unspecified atom stereocenters. The van der Waals surface area contributed by atoms with Crippen LogP contribution in [0.25, 0.3) is 0 Å². The van der Waals surface area contributed by atoms with Gasteiger partial charge in [0.25, 0.3) is 0 Å². The predicted molar refractivity (Wildman–Crippen MR) is 80.5 cm³/mol. The maximum Gasteiger partial charge on any atom is 0.120 e. The van der Waals surface area contributed by atoms with Gasteiger partial charge in [0.15, 0.2) is 0 Å². The Morgan fingerprint density at radius 2 is 1.85 bits per heavy atom. The smallest absolute Gasteiger partial charge is 0.120 e. The van der Waals surface area contributed by atoms with Gasteiger partial charge in [-0.15, -0.1) is 0 Å². The number of ether oxygens (including phenoxy) is 1. The van der Waals surface area contributed by atoms with Crippen LogP contribution < -0.4 is 5.32 Å². The lowest BCUT2D eigenvalue weighted by atomic mass is 10.1. The van der Waals surface area contributed by atoms with Gasteiger partial charge in [0, 0.05) is 25.3 Å². The van der Waals surface area contributed by atoms with Crippen molar-refractivity contribution in [2.24, 2.45) is 0 Å². The highest BCUT2D eigenvalue weighted by Gasteiger charge is 2.08. The third-order valence-corrected chi connectivity index (χ3v) is 3.32. The first kappa shape index (κ1) is 14.6. The quantitative estimate of drug-likeness (QED) is 0.846. The Balaban J connectivity index is 1.98. The minimum Gasteiger partial charge on any atom is -0.508 e. The van der Waals surface area contributed by atoms with E-state index in [4.69, 9.17) is 4.74 Å². The lowest BCUT2D eigenvalue weighted by molar-refractivity contribution is 0.185. The Hall–Kier alpha value is -1.84. The number of nitrogens with one attached hydrogen (secondary N) is 1. The Morgan fingerprint density at radius 3 is 2.60 bits per heavy atom. The average molecular weight is 271 g/mol. The summed E-state index contributed by atoms with van der Waals surface area (Å²) in [6.07, 6.45) is 0. The highest BCUT2D eigenvalue weighted by Crippen LogP contribution is 2.23. The molecule has 0 aromatic heterocycles. The summed E-state index contributed by atoms with van der Waals surface area (Å²) in [5, 5.41) is 13.3. The second-order valence-corrected chi connectivity index (χ2v) is 4.91. The van der Waals surface area contributed by atoms with Crippen LogP contribution in [0.1, 0.15) is 29.7 Å².